The number of hydrogen-bond donors (Lipinski definition) is 2. The van der Waals surface area contributed by atoms with E-state index in [1.54, 1.807) is 0 Å². The van der Waals surface area contributed by atoms with Gasteiger partial charge >= 0.3 is 0 Å². The molecule has 22 heavy (non-hydrogen) atoms. The minimum atomic E-state index is 0. The molecule has 5 nitrogen and oxygen atoms in total. The molecule has 0 atom stereocenters. The largest absolute Gasteiger partial charge is 0.370 e. The number of rotatable bonds is 5. The third kappa shape index (κ3) is 5.47. The van der Waals surface area contributed by atoms with Crippen molar-refractivity contribution in [1.82, 2.24) is 5.32 Å². The highest BCUT2D eigenvalue weighted by Gasteiger charge is 2.19. The first-order valence-electron chi connectivity index (χ1n) is 7.64. The molecule has 0 radical (unpaired) electrons. The van der Waals surface area contributed by atoms with Crippen LogP contribution >= 0.6 is 24.0 Å². The van der Waals surface area contributed by atoms with Crippen LogP contribution in [-0.4, -0.2) is 25.0 Å². The van der Waals surface area contributed by atoms with Crippen molar-refractivity contribution in [3.05, 3.63) is 29.8 Å². The molecule has 0 bridgehead atoms. The summed E-state index contributed by atoms with van der Waals surface area (Å²) in [6, 6.07) is 8.00. The molecule has 1 aromatic rings. The van der Waals surface area contributed by atoms with Crippen molar-refractivity contribution in [3.63, 3.8) is 0 Å². The first-order valence-corrected chi connectivity index (χ1v) is 7.64. The number of piperidine rings is 1. The van der Waals surface area contributed by atoms with Crippen molar-refractivity contribution in [3.8, 4) is 0 Å². The van der Waals surface area contributed by atoms with Crippen LogP contribution in [0.2, 0.25) is 0 Å². The highest BCUT2D eigenvalue weighted by atomic mass is 127. The monoisotopic (exact) mass is 416 g/mol. The normalized spacial score (nSPS) is 15.4. The average molecular weight is 416 g/mol. The second-order valence-corrected chi connectivity index (χ2v) is 5.30. The van der Waals surface area contributed by atoms with E-state index in [2.05, 4.69) is 17.2 Å². The molecule has 0 saturated carbocycles. The second-order valence-electron chi connectivity index (χ2n) is 5.30. The number of amides is 1. The standard InChI is InChI=1S/C16H24N4O.HI/c1-2-10-18-16(17)19-12-13-6-8-14(9-7-13)20-11-4-3-5-15(20)21;/h6-9H,2-5,10-12H2,1H3,(H3,17,18,19);1H. The van der Waals surface area contributed by atoms with Gasteiger partial charge in [-0.2, -0.15) is 0 Å². The molecule has 0 aliphatic carbocycles. The third-order valence-electron chi connectivity index (χ3n) is 3.56. The maximum Gasteiger partial charge on any atom is 0.226 e. The molecule has 0 unspecified atom stereocenters. The summed E-state index contributed by atoms with van der Waals surface area (Å²) in [5.74, 6) is 0.701. The Bertz CT molecular complexity index is 501. The number of guanidine groups is 1. The zero-order valence-electron chi connectivity index (χ0n) is 13.0. The molecule has 0 spiro atoms. The maximum atomic E-state index is 11.9. The fourth-order valence-electron chi connectivity index (χ4n) is 2.35. The maximum absolute atomic E-state index is 11.9. The molecule has 1 saturated heterocycles. The SMILES string of the molecule is CCCNC(N)=NCc1ccc(N2CCCCC2=O)cc1.I. The van der Waals surface area contributed by atoms with Gasteiger partial charge in [0.1, 0.15) is 0 Å². The highest BCUT2D eigenvalue weighted by Crippen LogP contribution is 2.21. The first kappa shape index (κ1) is 18.7. The van der Waals surface area contributed by atoms with Crippen LogP contribution in [0.5, 0.6) is 0 Å². The Hall–Kier alpha value is -1.31. The Morgan fingerprint density at radius 2 is 2.05 bits per heavy atom. The van der Waals surface area contributed by atoms with Gasteiger partial charge in [-0.25, -0.2) is 4.99 Å². The van der Waals surface area contributed by atoms with Crippen molar-refractivity contribution in [2.24, 2.45) is 10.7 Å². The molecule has 1 aliphatic heterocycles. The number of nitrogens with one attached hydrogen (secondary N) is 1. The van der Waals surface area contributed by atoms with Crippen LogP contribution in [0.15, 0.2) is 29.3 Å². The van der Waals surface area contributed by atoms with Crippen LogP contribution < -0.4 is 16.0 Å². The number of carbonyl (C=O) groups is 1. The zero-order valence-corrected chi connectivity index (χ0v) is 15.4. The predicted octanol–water partition coefficient (Wildman–Crippen LogP) is 2.64. The number of nitrogens with zero attached hydrogens (tertiary/aromatic N) is 2. The number of benzene rings is 1. The van der Waals surface area contributed by atoms with Crippen LogP contribution in [0.3, 0.4) is 0 Å². The Kier molecular flexibility index (Phi) is 8.22. The number of anilines is 1. The Balaban J connectivity index is 0.00000242. The van der Waals surface area contributed by atoms with Gasteiger partial charge in [0.2, 0.25) is 5.91 Å². The van der Waals surface area contributed by atoms with E-state index < -0.39 is 0 Å². The van der Waals surface area contributed by atoms with Gasteiger partial charge in [0.25, 0.3) is 0 Å². The summed E-state index contributed by atoms with van der Waals surface area (Å²) >= 11 is 0. The van der Waals surface area contributed by atoms with Gasteiger partial charge in [0.15, 0.2) is 5.96 Å². The first-order chi connectivity index (χ1) is 10.2. The van der Waals surface area contributed by atoms with E-state index in [4.69, 9.17) is 5.73 Å². The Morgan fingerprint density at radius 1 is 1.32 bits per heavy atom. The van der Waals surface area contributed by atoms with Crippen LogP contribution in [0.1, 0.15) is 38.2 Å². The summed E-state index contributed by atoms with van der Waals surface area (Å²) < 4.78 is 0. The van der Waals surface area contributed by atoms with Crippen molar-refractivity contribution in [2.75, 3.05) is 18.0 Å². The summed E-state index contributed by atoms with van der Waals surface area (Å²) in [4.78, 5) is 18.0. The molecule has 1 aromatic carbocycles. The molecule has 1 aliphatic rings. The van der Waals surface area contributed by atoms with Crippen LogP contribution in [0.25, 0.3) is 0 Å². The summed E-state index contributed by atoms with van der Waals surface area (Å²) in [6.45, 7) is 4.30. The van der Waals surface area contributed by atoms with Gasteiger partial charge in [0, 0.05) is 25.2 Å². The minimum absolute atomic E-state index is 0. The minimum Gasteiger partial charge on any atom is -0.370 e. The molecule has 122 valence electrons. The predicted molar refractivity (Wildman–Crippen MR) is 102 cm³/mol. The molecule has 1 fully saturated rings. The molecular weight excluding hydrogens is 391 g/mol. The van der Waals surface area contributed by atoms with E-state index >= 15 is 0 Å². The van der Waals surface area contributed by atoms with E-state index in [0.29, 0.717) is 18.9 Å². The molecule has 1 heterocycles. The van der Waals surface area contributed by atoms with E-state index in [1.807, 2.05) is 29.2 Å². The van der Waals surface area contributed by atoms with E-state index in [0.717, 1.165) is 43.6 Å². The van der Waals surface area contributed by atoms with E-state index in [-0.39, 0.29) is 29.9 Å². The molecule has 6 heteroatoms. The van der Waals surface area contributed by atoms with Gasteiger partial charge in [-0.15, -0.1) is 24.0 Å². The van der Waals surface area contributed by atoms with Crippen LogP contribution in [0, 0.1) is 0 Å². The zero-order chi connectivity index (χ0) is 15.1. The lowest BCUT2D eigenvalue weighted by Gasteiger charge is -2.26. The van der Waals surface area contributed by atoms with Gasteiger partial charge in [-0.3, -0.25) is 4.79 Å². The van der Waals surface area contributed by atoms with Crippen LogP contribution in [-0.2, 0) is 11.3 Å². The summed E-state index contributed by atoms with van der Waals surface area (Å²) in [7, 11) is 0. The second kappa shape index (κ2) is 9.66. The molecule has 2 rings (SSSR count). The van der Waals surface area contributed by atoms with Gasteiger partial charge < -0.3 is 16.0 Å². The lowest BCUT2D eigenvalue weighted by molar-refractivity contribution is -0.119. The van der Waals surface area contributed by atoms with Gasteiger partial charge in [0.05, 0.1) is 6.54 Å². The number of hydrogen-bond acceptors (Lipinski definition) is 2. The summed E-state index contributed by atoms with van der Waals surface area (Å²) in [5.41, 5.74) is 7.82. The Morgan fingerprint density at radius 3 is 2.68 bits per heavy atom. The summed E-state index contributed by atoms with van der Waals surface area (Å²) in [5, 5.41) is 3.05. The molecule has 3 N–H and O–H groups in total. The molecule has 1 amide bonds. The van der Waals surface area contributed by atoms with E-state index in [1.165, 1.54) is 0 Å². The van der Waals surface area contributed by atoms with E-state index in [9.17, 15) is 4.79 Å². The molecule has 0 aromatic heterocycles. The quantitative estimate of drug-likeness (QED) is 0.441. The third-order valence-corrected chi connectivity index (χ3v) is 3.56. The number of nitrogens with two attached hydrogens (primary N) is 1. The lowest BCUT2D eigenvalue weighted by atomic mass is 10.1. The molecular formula is C16H25IN4O. The van der Waals surface area contributed by atoms with Crippen molar-refractivity contribution >= 4 is 41.5 Å². The number of carbonyl (C=O) groups excluding carboxylic acids is 1. The summed E-state index contributed by atoms with van der Waals surface area (Å²) in [6.07, 6.45) is 3.77. The van der Waals surface area contributed by atoms with Crippen LogP contribution in [0.4, 0.5) is 5.69 Å². The van der Waals surface area contributed by atoms with Crippen molar-refractivity contribution in [2.45, 2.75) is 39.2 Å². The number of halogens is 1. The lowest BCUT2D eigenvalue weighted by Crippen LogP contribution is -2.35. The van der Waals surface area contributed by atoms with Gasteiger partial charge in [-0.1, -0.05) is 19.1 Å². The topological polar surface area (TPSA) is 70.7 Å². The van der Waals surface area contributed by atoms with Crippen molar-refractivity contribution in [1.29, 1.82) is 0 Å². The highest BCUT2D eigenvalue weighted by molar-refractivity contribution is 14.0. The fourth-order valence-corrected chi connectivity index (χ4v) is 2.35. The van der Waals surface area contributed by atoms with Gasteiger partial charge in [-0.05, 0) is 37.0 Å². The van der Waals surface area contributed by atoms with Crippen molar-refractivity contribution < 1.29 is 4.79 Å². The average Bonchev–Trinajstić information content (AvgIpc) is 2.52. The number of aliphatic imine (C=N–C) groups is 1. The smallest absolute Gasteiger partial charge is 0.226 e. The fraction of sp³-hybridized carbons (Fsp3) is 0.500. The Labute approximate surface area is 149 Å².